The molecule has 0 bridgehead atoms. The summed E-state index contributed by atoms with van der Waals surface area (Å²) in [5.41, 5.74) is -1.17. The van der Waals surface area contributed by atoms with Crippen molar-refractivity contribution in [2.75, 3.05) is 0 Å². The van der Waals surface area contributed by atoms with Crippen molar-refractivity contribution in [3.05, 3.63) is 35.4 Å². The average Bonchev–Trinajstić information content (AvgIpc) is 2.46. The molecule has 16 heavy (non-hydrogen) atoms. The Bertz CT molecular complexity index is 490. The maximum atomic E-state index is 13.0. The summed E-state index contributed by atoms with van der Waals surface area (Å²) in [7, 11) is 0. The van der Waals surface area contributed by atoms with Gasteiger partial charge in [0.05, 0.1) is 0 Å². The number of urea groups is 1. The molecule has 1 fully saturated rings. The predicted octanol–water partition coefficient (Wildman–Crippen LogP) is 1.02. The number of amides is 3. The van der Waals surface area contributed by atoms with Crippen LogP contribution in [0.1, 0.15) is 12.5 Å². The zero-order valence-electron chi connectivity index (χ0n) is 8.30. The minimum atomic E-state index is -1.36. The lowest BCUT2D eigenvalue weighted by Gasteiger charge is -2.20. The number of carbonyl (C=O) groups is 2. The molecule has 4 nitrogen and oxygen atoms in total. The summed E-state index contributed by atoms with van der Waals surface area (Å²) in [6.07, 6.45) is 0. The quantitative estimate of drug-likeness (QED) is 0.702. The molecule has 1 heterocycles. The van der Waals surface area contributed by atoms with Crippen molar-refractivity contribution < 1.29 is 18.4 Å². The maximum Gasteiger partial charge on any atom is 0.322 e. The standard InChI is InChI=1S/C10H8F2N2O2/c1-10(8(15)13-9(16)14-10)5-2-3-6(11)7(12)4-5/h2-4H,1H3,(H2,13,14,15,16). The van der Waals surface area contributed by atoms with Crippen LogP contribution >= 0.6 is 0 Å². The lowest BCUT2D eigenvalue weighted by Crippen LogP contribution is -2.40. The van der Waals surface area contributed by atoms with Gasteiger partial charge in [-0.1, -0.05) is 6.07 Å². The van der Waals surface area contributed by atoms with Crippen LogP contribution in [0.15, 0.2) is 18.2 Å². The van der Waals surface area contributed by atoms with Gasteiger partial charge < -0.3 is 5.32 Å². The molecule has 1 aromatic rings. The first-order chi connectivity index (χ1) is 7.43. The normalized spacial score (nSPS) is 24.2. The van der Waals surface area contributed by atoms with Crippen LogP contribution in [0.5, 0.6) is 0 Å². The summed E-state index contributed by atoms with van der Waals surface area (Å²) in [5.74, 6) is -2.66. The molecule has 0 radical (unpaired) electrons. The summed E-state index contributed by atoms with van der Waals surface area (Å²) < 4.78 is 25.7. The second-order valence-corrected chi connectivity index (χ2v) is 3.66. The topological polar surface area (TPSA) is 58.2 Å². The van der Waals surface area contributed by atoms with Crippen molar-refractivity contribution in [2.24, 2.45) is 0 Å². The number of imide groups is 1. The first kappa shape index (κ1) is 10.5. The Kier molecular flexibility index (Phi) is 2.15. The molecule has 2 rings (SSSR count). The molecule has 0 aromatic heterocycles. The van der Waals surface area contributed by atoms with E-state index in [1.54, 1.807) is 0 Å². The molecule has 3 amide bonds. The first-order valence-electron chi connectivity index (χ1n) is 4.52. The van der Waals surface area contributed by atoms with Crippen LogP contribution in [0.4, 0.5) is 13.6 Å². The van der Waals surface area contributed by atoms with Gasteiger partial charge in [-0.2, -0.15) is 0 Å². The van der Waals surface area contributed by atoms with Crippen LogP contribution in [0.2, 0.25) is 0 Å². The zero-order chi connectivity index (χ0) is 11.9. The molecule has 1 aliphatic heterocycles. The second kappa shape index (κ2) is 3.26. The largest absolute Gasteiger partial charge is 0.322 e. The molecule has 1 atom stereocenters. The molecule has 6 heteroatoms. The Morgan fingerprint density at radius 1 is 1.19 bits per heavy atom. The highest BCUT2D eigenvalue weighted by Gasteiger charge is 2.43. The highest BCUT2D eigenvalue weighted by Crippen LogP contribution is 2.25. The zero-order valence-corrected chi connectivity index (χ0v) is 8.30. The molecular weight excluding hydrogens is 218 g/mol. The number of rotatable bonds is 1. The van der Waals surface area contributed by atoms with Gasteiger partial charge in [-0.3, -0.25) is 10.1 Å². The Morgan fingerprint density at radius 3 is 2.38 bits per heavy atom. The van der Waals surface area contributed by atoms with Gasteiger partial charge in [0.15, 0.2) is 11.6 Å². The fourth-order valence-corrected chi connectivity index (χ4v) is 1.55. The Labute approximate surface area is 89.6 Å². The van der Waals surface area contributed by atoms with Crippen LogP contribution in [-0.4, -0.2) is 11.9 Å². The number of halogens is 2. The maximum absolute atomic E-state index is 13.0. The third kappa shape index (κ3) is 1.42. The molecule has 0 spiro atoms. The lowest BCUT2D eigenvalue weighted by molar-refractivity contribution is -0.123. The van der Waals surface area contributed by atoms with E-state index in [4.69, 9.17) is 0 Å². The summed E-state index contributed by atoms with van der Waals surface area (Å²) >= 11 is 0. The van der Waals surface area contributed by atoms with E-state index in [0.717, 1.165) is 12.1 Å². The van der Waals surface area contributed by atoms with Gasteiger partial charge in [-0.25, -0.2) is 13.6 Å². The van der Waals surface area contributed by atoms with E-state index in [-0.39, 0.29) is 5.56 Å². The van der Waals surface area contributed by atoms with Crippen molar-refractivity contribution >= 4 is 11.9 Å². The molecular formula is C10H8F2N2O2. The number of hydrogen-bond donors (Lipinski definition) is 2. The van der Waals surface area contributed by atoms with Crippen molar-refractivity contribution in [2.45, 2.75) is 12.5 Å². The van der Waals surface area contributed by atoms with Crippen molar-refractivity contribution in [1.82, 2.24) is 10.6 Å². The molecule has 1 aromatic carbocycles. The molecule has 0 saturated carbocycles. The molecule has 1 aliphatic rings. The highest BCUT2D eigenvalue weighted by atomic mass is 19.2. The van der Waals surface area contributed by atoms with Gasteiger partial charge in [0.2, 0.25) is 0 Å². The molecule has 0 aliphatic carbocycles. The van der Waals surface area contributed by atoms with Crippen LogP contribution in [-0.2, 0) is 10.3 Å². The molecule has 84 valence electrons. The summed E-state index contributed by atoms with van der Waals surface area (Å²) in [4.78, 5) is 22.5. The van der Waals surface area contributed by atoms with E-state index in [0.29, 0.717) is 0 Å². The van der Waals surface area contributed by atoms with Gasteiger partial charge in [-0.15, -0.1) is 0 Å². The third-order valence-electron chi connectivity index (χ3n) is 2.54. The fraction of sp³-hybridized carbons (Fsp3) is 0.200. The summed E-state index contributed by atoms with van der Waals surface area (Å²) in [5, 5.41) is 4.39. The highest BCUT2D eigenvalue weighted by molar-refractivity contribution is 6.07. The monoisotopic (exact) mass is 226 g/mol. The summed E-state index contributed by atoms with van der Waals surface area (Å²) in [6.45, 7) is 1.42. The van der Waals surface area contributed by atoms with E-state index in [1.165, 1.54) is 13.0 Å². The number of benzene rings is 1. The van der Waals surface area contributed by atoms with Crippen molar-refractivity contribution in [3.8, 4) is 0 Å². The second-order valence-electron chi connectivity index (χ2n) is 3.66. The van der Waals surface area contributed by atoms with E-state index >= 15 is 0 Å². The van der Waals surface area contributed by atoms with Crippen LogP contribution in [0.25, 0.3) is 0 Å². The Balaban J connectivity index is 2.47. The van der Waals surface area contributed by atoms with Gasteiger partial charge in [-0.05, 0) is 24.6 Å². The molecule has 2 N–H and O–H groups in total. The predicted molar refractivity (Wildman–Crippen MR) is 50.4 cm³/mol. The summed E-state index contributed by atoms with van der Waals surface area (Å²) in [6, 6.07) is 2.40. The first-order valence-corrected chi connectivity index (χ1v) is 4.52. The van der Waals surface area contributed by atoms with Gasteiger partial charge >= 0.3 is 6.03 Å². The van der Waals surface area contributed by atoms with Crippen molar-refractivity contribution in [1.29, 1.82) is 0 Å². The van der Waals surface area contributed by atoms with Gasteiger partial charge in [0, 0.05) is 0 Å². The van der Waals surface area contributed by atoms with E-state index < -0.39 is 29.1 Å². The van der Waals surface area contributed by atoms with Crippen molar-refractivity contribution in [3.63, 3.8) is 0 Å². The van der Waals surface area contributed by atoms with Gasteiger partial charge in [0.1, 0.15) is 5.54 Å². The van der Waals surface area contributed by atoms with Crippen LogP contribution in [0.3, 0.4) is 0 Å². The number of hydrogen-bond acceptors (Lipinski definition) is 2. The fourth-order valence-electron chi connectivity index (χ4n) is 1.55. The SMILES string of the molecule is CC1(c2ccc(F)c(F)c2)NC(=O)NC1=O. The third-order valence-corrected chi connectivity index (χ3v) is 2.54. The van der Waals surface area contributed by atoms with E-state index in [2.05, 4.69) is 5.32 Å². The average molecular weight is 226 g/mol. The smallest absolute Gasteiger partial charge is 0.320 e. The minimum Gasteiger partial charge on any atom is -0.320 e. The molecule has 1 saturated heterocycles. The molecule has 1 unspecified atom stereocenters. The Hall–Kier alpha value is -1.98. The van der Waals surface area contributed by atoms with Crippen LogP contribution in [0, 0.1) is 11.6 Å². The number of nitrogens with one attached hydrogen (secondary N) is 2. The van der Waals surface area contributed by atoms with E-state index in [9.17, 15) is 18.4 Å². The lowest BCUT2D eigenvalue weighted by atomic mass is 9.92. The number of carbonyl (C=O) groups excluding carboxylic acids is 2. The van der Waals surface area contributed by atoms with Gasteiger partial charge in [0.25, 0.3) is 5.91 Å². The van der Waals surface area contributed by atoms with Crippen LogP contribution < -0.4 is 10.6 Å². The van der Waals surface area contributed by atoms with E-state index in [1.807, 2.05) is 5.32 Å². The minimum absolute atomic E-state index is 0.190. The Morgan fingerprint density at radius 2 is 1.88 bits per heavy atom.